The van der Waals surface area contributed by atoms with Crippen molar-refractivity contribution in [3.63, 3.8) is 0 Å². The Balaban J connectivity index is 3.60. The van der Waals surface area contributed by atoms with E-state index in [0.717, 1.165) is 4.57 Å². The van der Waals surface area contributed by atoms with E-state index < -0.39 is 11.2 Å². The Hall–Kier alpha value is -2.05. The van der Waals surface area contributed by atoms with Crippen molar-refractivity contribution in [3.8, 4) is 0 Å². The normalized spacial score (nSPS) is 10.9. The van der Waals surface area contributed by atoms with E-state index in [0.29, 0.717) is 0 Å². The molecule has 2 N–H and O–H groups in total. The van der Waals surface area contributed by atoms with Gasteiger partial charge in [0.1, 0.15) is 18.5 Å². The Morgan fingerprint density at radius 1 is 1.33 bits per heavy atom. The molecule has 0 fully saturated rings. The minimum absolute atomic E-state index is 0.0592. The Labute approximate surface area is 85.4 Å². The number of rotatable bonds is 2. The quantitative estimate of drug-likeness (QED) is 0.484. The molecule has 0 saturated heterocycles. The molecule has 0 radical (unpaired) electrons. The summed E-state index contributed by atoms with van der Waals surface area (Å²) in [4.78, 5) is 27.4. The van der Waals surface area contributed by atoms with Crippen LogP contribution in [0.4, 0.5) is 5.82 Å². The maximum atomic E-state index is 11.6. The molecule has 0 bridgehead atoms. The summed E-state index contributed by atoms with van der Waals surface area (Å²) >= 11 is 0. The summed E-state index contributed by atoms with van der Waals surface area (Å²) in [6, 6.07) is 0. The molecule has 0 aromatic carbocycles. The summed E-state index contributed by atoms with van der Waals surface area (Å²) < 4.78 is 2.12. The van der Waals surface area contributed by atoms with Crippen LogP contribution in [0.3, 0.4) is 0 Å². The zero-order chi connectivity index (χ0) is 11.6. The van der Waals surface area contributed by atoms with Gasteiger partial charge in [0, 0.05) is 14.1 Å². The van der Waals surface area contributed by atoms with E-state index in [1.807, 2.05) is 0 Å². The Bertz CT molecular complexity index is 512. The van der Waals surface area contributed by atoms with E-state index in [1.54, 1.807) is 0 Å². The van der Waals surface area contributed by atoms with Gasteiger partial charge in [0.05, 0.1) is 6.21 Å². The summed E-state index contributed by atoms with van der Waals surface area (Å²) in [5, 5.41) is 3.44. The molecule has 7 nitrogen and oxygen atoms in total. The van der Waals surface area contributed by atoms with Gasteiger partial charge in [-0.1, -0.05) is 5.16 Å². The van der Waals surface area contributed by atoms with Crippen LogP contribution in [-0.2, 0) is 18.9 Å². The number of hydrogen-bond donors (Lipinski definition) is 1. The van der Waals surface area contributed by atoms with Crippen molar-refractivity contribution in [1.82, 2.24) is 9.13 Å². The van der Waals surface area contributed by atoms with Gasteiger partial charge in [-0.25, -0.2) is 4.79 Å². The number of hydrogen-bond acceptors (Lipinski definition) is 5. The van der Waals surface area contributed by atoms with Gasteiger partial charge in [-0.3, -0.25) is 13.9 Å². The van der Waals surface area contributed by atoms with Gasteiger partial charge < -0.3 is 10.6 Å². The third kappa shape index (κ3) is 1.76. The average Bonchev–Trinajstić information content (AvgIpc) is 2.24. The fourth-order valence-corrected chi connectivity index (χ4v) is 1.11. The highest BCUT2D eigenvalue weighted by molar-refractivity contribution is 5.84. The largest absolute Gasteiger partial charge is 0.399 e. The van der Waals surface area contributed by atoms with Crippen molar-refractivity contribution in [1.29, 1.82) is 0 Å². The molecule has 1 aromatic rings. The van der Waals surface area contributed by atoms with Crippen molar-refractivity contribution >= 4 is 12.0 Å². The van der Waals surface area contributed by atoms with Crippen LogP contribution in [0, 0.1) is 0 Å². The Morgan fingerprint density at radius 3 is 2.47 bits per heavy atom. The number of nitrogens with two attached hydrogens (primary N) is 1. The van der Waals surface area contributed by atoms with Gasteiger partial charge in [-0.15, -0.1) is 0 Å². The minimum Gasteiger partial charge on any atom is -0.399 e. The van der Waals surface area contributed by atoms with Crippen molar-refractivity contribution in [2.75, 3.05) is 12.8 Å². The van der Waals surface area contributed by atoms with Gasteiger partial charge in [-0.2, -0.15) is 0 Å². The number of nitrogen functional groups attached to an aromatic ring is 1. The fraction of sp³-hybridized carbons (Fsp3) is 0.375. The highest BCUT2D eigenvalue weighted by Gasteiger charge is 2.10. The minimum atomic E-state index is -0.503. The van der Waals surface area contributed by atoms with Gasteiger partial charge in [0.15, 0.2) is 0 Å². The Morgan fingerprint density at radius 2 is 1.93 bits per heavy atom. The van der Waals surface area contributed by atoms with Crippen LogP contribution in [0.1, 0.15) is 5.56 Å². The third-order valence-corrected chi connectivity index (χ3v) is 2.03. The third-order valence-electron chi connectivity index (χ3n) is 2.03. The van der Waals surface area contributed by atoms with Crippen molar-refractivity contribution < 1.29 is 4.84 Å². The average molecular weight is 212 g/mol. The Kier molecular flexibility index (Phi) is 2.93. The smallest absolute Gasteiger partial charge is 0.332 e. The molecule has 0 unspecified atom stereocenters. The van der Waals surface area contributed by atoms with Crippen LogP contribution in [0.5, 0.6) is 0 Å². The standard InChI is InChI=1S/C8H12N4O3/c1-11-6(9)5(4-10-15-3)7(13)12(2)8(11)14/h4H,9H2,1-3H3/b10-4+. The molecule has 7 heteroatoms. The van der Waals surface area contributed by atoms with Crippen LogP contribution in [0.25, 0.3) is 0 Å². The SMILES string of the molecule is CO/N=C/c1c(N)n(C)c(=O)n(C)c1=O. The summed E-state index contributed by atoms with van der Waals surface area (Å²) in [5.74, 6) is 0.0592. The zero-order valence-electron chi connectivity index (χ0n) is 8.72. The molecule has 0 aliphatic carbocycles. The molecular formula is C8H12N4O3. The molecule has 0 aliphatic rings. The molecule has 0 amide bonds. The van der Waals surface area contributed by atoms with E-state index in [2.05, 4.69) is 9.99 Å². The first-order valence-corrected chi connectivity index (χ1v) is 4.12. The van der Waals surface area contributed by atoms with Gasteiger partial charge in [0.2, 0.25) is 0 Å². The van der Waals surface area contributed by atoms with E-state index in [1.165, 1.54) is 32.0 Å². The van der Waals surface area contributed by atoms with E-state index in [4.69, 9.17) is 5.73 Å². The van der Waals surface area contributed by atoms with Gasteiger partial charge in [-0.05, 0) is 0 Å². The maximum absolute atomic E-state index is 11.6. The van der Waals surface area contributed by atoms with Crippen molar-refractivity contribution in [2.45, 2.75) is 0 Å². The lowest BCUT2D eigenvalue weighted by molar-refractivity contribution is 0.215. The first-order chi connectivity index (χ1) is 7.00. The topological polar surface area (TPSA) is 91.6 Å². The second-order valence-electron chi connectivity index (χ2n) is 2.92. The zero-order valence-corrected chi connectivity index (χ0v) is 8.72. The predicted octanol–water partition coefficient (Wildman–Crippen LogP) is -1.35. The molecule has 1 heterocycles. The van der Waals surface area contributed by atoms with Crippen LogP contribution in [0.15, 0.2) is 14.7 Å². The molecule has 0 spiro atoms. The van der Waals surface area contributed by atoms with Gasteiger partial charge in [0.25, 0.3) is 5.56 Å². The monoisotopic (exact) mass is 212 g/mol. The van der Waals surface area contributed by atoms with E-state index in [9.17, 15) is 9.59 Å². The molecular weight excluding hydrogens is 200 g/mol. The van der Waals surface area contributed by atoms with Crippen molar-refractivity contribution in [2.24, 2.45) is 19.3 Å². The van der Waals surface area contributed by atoms with Crippen LogP contribution < -0.4 is 17.0 Å². The summed E-state index contributed by atoms with van der Waals surface area (Å²) in [6.07, 6.45) is 1.18. The molecule has 0 aliphatic heterocycles. The summed E-state index contributed by atoms with van der Waals surface area (Å²) in [6.45, 7) is 0. The number of nitrogens with zero attached hydrogens (tertiary/aromatic N) is 3. The number of oxime groups is 1. The lowest BCUT2D eigenvalue weighted by Crippen LogP contribution is -2.40. The molecule has 0 atom stereocenters. The lowest BCUT2D eigenvalue weighted by Gasteiger charge is -2.07. The van der Waals surface area contributed by atoms with E-state index in [-0.39, 0.29) is 11.4 Å². The lowest BCUT2D eigenvalue weighted by atomic mass is 10.3. The van der Waals surface area contributed by atoms with Crippen LogP contribution in [-0.4, -0.2) is 22.5 Å². The van der Waals surface area contributed by atoms with Crippen LogP contribution in [0.2, 0.25) is 0 Å². The highest BCUT2D eigenvalue weighted by atomic mass is 16.6. The molecule has 1 rings (SSSR count). The molecule has 15 heavy (non-hydrogen) atoms. The second kappa shape index (κ2) is 3.99. The summed E-state index contributed by atoms with van der Waals surface area (Å²) in [7, 11) is 4.19. The predicted molar refractivity (Wildman–Crippen MR) is 55.9 cm³/mol. The highest BCUT2D eigenvalue weighted by Crippen LogP contribution is 1.98. The maximum Gasteiger partial charge on any atom is 0.332 e. The summed E-state index contributed by atoms with van der Waals surface area (Å²) in [5.41, 5.74) is 4.74. The van der Waals surface area contributed by atoms with Gasteiger partial charge >= 0.3 is 5.69 Å². The number of anilines is 1. The molecule has 82 valence electrons. The first kappa shape index (κ1) is 11.0. The second-order valence-corrected chi connectivity index (χ2v) is 2.92. The molecule has 1 aromatic heterocycles. The van der Waals surface area contributed by atoms with E-state index >= 15 is 0 Å². The van der Waals surface area contributed by atoms with Crippen molar-refractivity contribution in [3.05, 3.63) is 26.4 Å². The van der Waals surface area contributed by atoms with Crippen LogP contribution >= 0.6 is 0 Å². The molecule has 0 saturated carbocycles. The fourth-order valence-electron chi connectivity index (χ4n) is 1.11. The number of aromatic nitrogens is 2. The first-order valence-electron chi connectivity index (χ1n) is 4.12.